The fourth-order valence-corrected chi connectivity index (χ4v) is 1.95. The second kappa shape index (κ2) is 7.24. The first kappa shape index (κ1) is 14.8. The molecule has 0 radical (unpaired) electrons. The topological polar surface area (TPSA) is 61.8 Å². The normalized spacial score (nSPS) is 13.9. The van der Waals surface area contributed by atoms with Gasteiger partial charge < -0.3 is 10.9 Å². The molecule has 1 aromatic carbocycles. The monoisotopic (exact) mass is 269 g/mol. The molecule has 0 bridgehead atoms. The van der Waals surface area contributed by atoms with Gasteiger partial charge in [-0.25, -0.2) is 0 Å². The average Bonchev–Trinajstić information content (AvgIpc) is 2.39. The second-order valence-corrected chi connectivity index (χ2v) is 4.75. The molecule has 0 saturated heterocycles. The van der Waals surface area contributed by atoms with Crippen LogP contribution in [0.15, 0.2) is 29.4 Å². The molecule has 0 spiro atoms. The highest BCUT2D eigenvalue weighted by Crippen LogP contribution is 2.17. The van der Waals surface area contributed by atoms with E-state index >= 15 is 0 Å². The van der Waals surface area contributed by atoms with Gasteiger partial charge in [-0.2, -0.15) is 0 Å². The highest BCUT2D eigenvalue weighted by atomic mass is 35.5. The molecule has 3 N–H and O–H groups in total. The van der Waals surface area contributed by atoms with Crippen LogP contribution in [0.3, 0.4) is 0 Å². The standard InChI is InChI=1S/C13H20ClN3O/c1-3-17(8-10(2)13(15)16-18)9-11-6-4-5-7-12(11)14/h4-7,10,18H,3,8-9H2,1-2H3,(H2,15,16). The number of nitrogens with two attached hydrogens (primary N) is 1. The quantitative estimate of drug-likeness (QED) is 0.361. The minimum atomic E-state index is 0.0115. The molecule has 0 aromatic heterocycles. The van der Waals surface area contributed by atoms with Crippen molar-refractivity contribution in [3.05, 3.63) is 34.9 Å². The van der Waals surface area contributed by atoms with Crippen LogP contribution in [0.25, 0.3) is 0 Å². The molecule has 0 aliphatic rings. The third-order valence-corrected chi connectivity index (χ3v) is 3.32. The van der Waals surface area contributed by atoms with E-state index in [-0.39, 0.29) is 11.8 Å². The van der Waals surface area contributed by atoms with Gasteiger partial charge in [-0.05, 0) is 18.2 Å². The number of halogens is 1. The van der Waals surface area contributed by atoms with E-state index in [1.165, 1.54) is 0 Å². The molecule has 1 aromatic rings. The minimum absolute atomic E-state index is 0.0115. The molecule has 4 nitrogen and oxygen atoms in total. The Morgan fingerprint density at radius 1 is 1.50 bits per heavy atom. The van der Waals surface area contributed by atoms with E-state index in [9.17, 15) is 0 Å². The zero-order chi connectivity index (χ0) is 13.5. The smallest absolute Gasteiger partial charge is 0.143 e. The van der Waals surface area contributed by atoms with E-state index in [0.29, 0.717) is 0 Å². The third-order valence-electron chi connectivity index (χ3n) is 2.95. The number of hydrogen-bond acceptors (Lipinski definition) is 3. The third kappa shape index (κ3) is 4.20. The summed E-state index contributed by atoms with van der Waals surface area (Å²) in [6, 6.07) is 7.79. The molecule has 1 rings (SSSR count). The molecule has 0 saturated carbocycles. The summed E-state index contributed by atoms with van der Waals surface area (Å²) in [5.74, 6) is 0.269. The molecular weight excluding hydrogens is 250 g/mol. The fourth-order valence-electron chi connectivity index (χ4n) is 1.75. The maximum absolute atomic E-state index is 8.65. The van der Waals surface area contributed by atoms with E-state index in [0.717, 1.165) is 30.2 Å². The summed E-state index contributed by atoms with van der Waals surface area (Å²) in [5, 5.41) is 12.5. The molecule has 18 heavy (non-hydrogen) atoms. The van der Waals surface area contributed by atoms with Crippen LogP contribution < -0.4 is 5.73 Å². The van der Waals surface area contributed by atoms with Crippen molar-refractivity contribution in [2.24, 2.45) is 16.8 Å². The zero-order valence-corrected chi connectivity index (χ0v) is 11.6. The lowest BCUT2D eigenvalue weighted by atomic mass is 10.1. The van der Waals surface area contributed by atoms with E-state index < -0.39 is 0 Å². The van der Waals surface area contributed by atoms with Crippen LogP contribution in [0.4, 0.5) is 0 Å². The predicted molar refractivity (Wildman–Crippen MR) is 75.0 cm³/mol. The highest BCUT2D eigenvalue weighted by molar-refractivity contribution is 6.31. The molecule has 0 amide bonds. The minimum Gasteiger partial charge on any atom is -0.409 e. The Bertz CT molecular complexity index is 409. The number of rotatable bonds is 6. The largest absolute Gasteiger partial charge is 0.409 e. The second-order valence-electron chi connectivity index (χ2n) is 4.35. The van der Waals surface area contributed by atoms with Crippen LogP contribution in [0, 0.1) is 5.92 Å². The van der Waals surface area contributed by atoms with Crippen LogP contribution in [-0.4, -0.2) is 29.0 Å². The van der Waals surface area contributed by atoms with Gasteiger partial charge in [0, 0.05) is 24.0 Å². The van der Waals surface area contributed by atoms with Crippen LogP contribution in [0.1, 0.15) is 19.4 Å². The SMILES string of the molecule is CCN(Cc1ccccc1Cl)CC(C)C(N)=NO. The van der Waals surface area contributed by atoms with Crippen LogP contribution in [-0.2, 0) is 6.54 Å². The Kier molecular flexibility index (Phi) is 5.95. The number of hydrogen-bond donors (Lipinski definition) is 2. The number of oxime groups is 1. The van der Waals surface area contributed by atoms with E-state index in [2.05, 4.69) is 17.0 Å². The van der Waals surface area contributed by atoms with Crippen molar-refractivity contribution >= 4 is 17.4 Å². The summed E-state index contributed by atoms with van der Waals surface area (Å²) < 4.78 is 0. The van der Waals surface area contributed by atoms with Gasteiger partial charge in [-0.15, -0.1) is 0 Å². The first-order valence-electron chi connectivity index (χ1n) is 6.01. The van der Waals surface area contributed by atoms with Gasteiger partial charge in [0.05, 0.1) is 0 Å². The lowest BCUT2D eigenvalue weighted by molar-refractivity contribution is 0.258. The Morgan fingerprint density at radius 3 is 2.72 bits per heavy atom. The molecule has 100 valence electrons. The molecule has 0 fully saturated rings. The van der Waals surface area contributed by atoms with E-state index in [1.54, 1.807) is 0 Å². The van der Waals surface area contributed by atoms with Gasteiger partial charge in [0.1, 0.15) is 5.84 Å². The van der Waals surface area contributed by atoms with Crippen LogP contribution in [0.2, 0.25) is 5.02 Å². The van der Waals surface area contributed by atoms with Crippen LogP contribution >= 0.6 is 11.6 Å². The number of nitrogens with zero attached hydrogens (tertiary/aromatic N) is 2. The Morgan fingerprint density at radius 2 is 2.17 bits per heavy atom. The summed E-state index contributed by atoms with van der Waals surface area (Å²) in [6.07, 6.45) is 0. The van der Waals surface area contributed by atoms with Crippen molar-refractivity contribution < 1.29 is 5.21 Å². The van der Waals surface area contributed by atoms with Crippen LogP contribution in [0.5, 0.6) is 0 Å². The summed E-state index contributed by atoms with van der Waals surface area (Å²) in [6.45, 7) is 6.39. The van der Waals surface area contributed by atoms with Gasteiger partial charge in [-0.3, -0.25) is 4.90 Å². The lowest BCUT2D eigenvalue weighted by Crippen LogP contribution is -2.34. The molecular formula is C13H20ClN3O. The van der Waals surface area contributed by atoms with Gasteiger partial charge in [0.25, 0.3) is 0 Å². The van der Waals surface area contributed by atoms with Crippen molar-refractivity contribution in [2.75, 3.05) is 13.1 Å². The predicted octanol–water partition coefficient (Wildman–Crippen LogP) is 2.54. The summed E-state index contributed by atoms with van der Waals surface area (Å²) in [4.78, 5) is 2.21. The molecule has 0 heterocycles. The molecule has 1 unspecified atom stereocenters. The van der Waals surface area contributed by atoms with Gasteiger partial charge in [0.2, 0.25) is 0 Å². The van der Waals surface area contributed by atoms with Gasteiger partial charge in [0.15, 0.2) is 0 Å². The first-order chi connectivity index (χ1) is 8.58. The highest BCUT2D eigenvalue weighted by Gasteiger charge is 2.13. The Balaban J connectivity index is 2.66. The first-order valence-corrected chi connectivity index (χ1v) is 6.39. The van der Waals surface area contributed by atoms with Gasteiger partial charge >= 0.3 is 0 Å². The van der Waals surface area contributed by atoms with Crippen molar-refractivity contribution in [3.8, 4) is 0 Å². The lowest BCUT2D eigenvalue weighted by Gasteiger charge is -2.24. The van der Waals surface area contributed by atoms with E-state index in [4.69, 9.17) is 22.5 Å². The number of amidine groups is 1. The molecule has 0 aliphatic heterocycles. The Hall–Kier alpha value is -1.26. The summed E-state index contributed by atoms with van der Waals surface area (Å²) in [7, 11) is 0. The average molecular weight is 270 g/mol. The molecule has 0 aliphatic carbocycles. The van der Waals surface area contributed by atoms with Crippen molar-refractivity contribution in [3.63, 3.8) is 0 Å². The van der Waals surface area contributed by atoms with E-state index in [1.807, 2.05) is 31.2 Å². The summed E-state index contributed by atoms with van der Waals surface area (Å²) >= 11 is 6.14. The Labute approximate surface area is 113 Å². The zero-order valence-electron chi connectivity index (χ0n) is 10.8. The van der Waals surface area contributed by atoms with Crippen molar-refractivity contribution in [1.82, 2.24) is 4.90 Å². The maximum atomic E-state index is 8.65. The van der Waals surface area contributed by atoms with Crippen molar-refractivity contribution in [1.29, 1.82) is 0 Å². The molecule has 5 heteroatoms. The molecule has 1 atom stereocenters. The van der Waals surface area contributed by atoms with Gasteiger partial charge in [-0.1, -0.05) is 48.8 Å². The van der Waals surface area contributed by atoms with Crippen molar-refractivity contribution in [2.45, 2.75) is 20.4 Å². The number of benzene rings is 1. The summed E-state index contributed by atoms with van der Waals surface area (Å²) in [5.41, 5.74) is 6.68. The fraction of sp³-hybridized carbons (Fsp3) is 0.462. The maximum Gasteiger partial charge on any atom is 0.143 e.